The highest BCUT2D eigenvalue weighted by Crippen LogP contribution is 2.39. The third-order valence-electron chi connectivity index (χ3n) is 3.10. The van der Waals surface area contributed by atoms with Gasteiger partial charge >= 0.3 is 0 Å². The third-order valence-corrected chi connectivity index (χ3v) is 5.06. The first-order valence-corrected chi connectivity index (χ1v) is 7.36. The quantitative estimate of drug-likeness (QED) is 0.612. The molecule has 0 fully saturated rings. The Morgan fingerprint density at radius 1 is 1.11 bits per heavy atom. The van der Waals surface area contributed by atoms with Crippen LogP contribution in [0.1, 0.15) is 5.56 Å². The Morgan fingerprint density at radius 3 is 2.78 bits per heavy atom. The van der Waals surface area contributed by atoms with Crippen LogP contribution in [0.3, 0.4) is 0 Å². The second-order valence-electron chi connectivity index (χ2n) is 4.34. The van der Waals surface area contributed by atoms with Crippen molar-refractivity contribution in [3.63, 3.8) is 0 Å². The maximum Gasteiger partial charge on any atom is 0.0491 e. The van der Waals surface area contributed by atoms with Crippen LogP contribution in [0.2, 0.25) is 0 Å². The molecule has 0 saturated carbocycles. The molecule has 0 spiro atoms. The first-order chi connectivity index (χ1) is 8.66. The summed E-state index contributed by atoms with van der Waals surface area (Å²) < 4.78 is 2.44. The van der Waals surface area contributed by atoms with Crippen molar-refractivity contribution in [1.29, 1.82) is 0 Å². The highest BCUT2D eigenvalue weighted by Gasteiger charge is 2.10. The maximum absolute atomic E-state index is 5.90. The lowest BCUT2D eigenvalue weighted by atomic mass is 9.99. The monoisotopic (exact) mass is 317 g/mol. The predicted octanol–water partition coefficient (Wildman–Crippen LogP) is 5.22. The van der Waals surface area contributed by atoms with E-state index in [4.69, 9.17) is 5.73 Å². The smallest absolute Gasteiger partial charge is 0.0491 e. The Balaban J connectivity index is 2.32. The van der Waals surface area contributed by atoms with Gasteiger partial charge in [-0.15, -0.1) is 11.3 Å². The third kappa shape index (κ3) is 1.84. The molecule has 0 radical (unpaired) electrons. The molecule has 1 nitrogen and oxygen atoms in total. The number of anilines is 1. The van der Waals surface area contributed by atoms with Crippen molar-refractivity contribution in [2.45, 2.75) is 6.92 Å². The van der Waals surface area contributed by atoms with E-state index in [2.05, 4.69) is 58.6 Å². The van der Waals surface area contributed by atoms with Crippen LogP contribution < -0.4 is 5.73 Å². The molecular formula is C15H12BrNS. The van der Waals surface area contributed by atoms with Gasteiger partial charge in [-0.1, -0.05) is 18.2 Å². The van der Waals surface area contributed by atoms with E-state index in [0.717, 1.165) is 10.2 Å². The summed E-state index contributed by atoms with van der Waals surface area (Å²) in [4.78, 5) is 0. The molecule has 3 heteroatoms. The van der Waals surface area contributed by atoms with E-state index in [-0.39, 0.29) is 0 Å². The zero-order valence-corrected chi connectivity index (χ0v) is 12.3. The molecule has 2 aromatic carbocycles. The van der Waals surface area contributed by atoms with Crippen molar-refractivity contribution < 1.29 is 0 Å². The van der Waals surface area contributed by atoms with Crippen LogP contribution in [0.5, 0.6) is 0 Å². The molecule has 1 heterocycles. The lowest BCUT2D eigenvalue weighted by Crippen LogP contribution is -1.88. The Morgan fingerprint density at radius 2 is 1.94 bits per heavy atom. The van der Waals surface area contributed by atoms with Crippen molar-refractivity contribution in [3.05, 3.63) is 51.8 Å². The number of hydrogen-bond donors (Lipinski definition) is 1. The van der Waals surface area contributed by atoms with Gasteiger partial charge in [-0.3, -0.25) is 0 Å². The van der Waals surface area contributed by atoms with Crippen molar-refractivity contribution in [2.24, 2.45) is 0 Å². The van der Waals surface area contributed by atoms with Crippen molar-refractivity contribution in [3.8, 4) is 11.1 Å². The van der Waals surface area contributed by atoms with Crippen LogP contribution in [-0.2, 0) is 0 Å². The standard InChI is InChI=1S/C15H12BrNS/c1-9-5-6-10(17)7-12(9)13-8-18-15-11(13)3-2-4-14(15)16/h2-8H,17H2,1H3. The molecule has 0 atom stereocenters. The molecule has 0 bridgehead atoms. The summed E-state index contributed by atoms with van der Waals surface area (Å²) in [5.41, 5.74) is 10.5. The normalized spacial score (nSPS) is 11.0. The zero-order chi connectivity index (χ0) is 12.7. The number of halogens is 1. The van der Waals surface area contributed by atoms with E-state index in [1.807, 2.05) is 6.07 Å². The van der Waals surface area contributed by atoms with Gasteiger partial charge < -0.3 is 5.73 Å². The number of thiophene rings is 1. The molecule has 3 rings (SSSR count). The van der Waals surface area contributed by atoms with Crippen LogP contribution >= 0.6 is 27.3 Å². The van der Waals surface area contributed by atoms with Gasteiger partial charge in [-0.2, -0.15) is 0 Å². The van der Waals surface area contributed by atoms with E-state index in [1.165, 1.54) is 26.8 Å². The molecule has 0 aliphatic carbocycles. The molecule has 0 saturated heterocycles. The minimum atomic E-state index is 0.810. The topological polar surface area (TPSA) is 26.0 Å². The molecule has 0 aliphatic rings. The fraction of sp³-hybridized carbons (Fsp3) is 0.0667. The number of benzene rings is 2. The summed E-state index contributed by atoms with van der Waals surface area (Å²) in [6.45, 7) is 2.12. The number of aryl methyl sites for hydroxylation is 1. The highest BCUT2D eigenvalue weighted by atomic mass is 79.9. The average Bonchev–Trinajstić information content (AvgIpc) is 2.77. The number of hydrogen-bond acceptors (Lipinski definition) is 2. The van der Waals surface area contributed by atoms with Gasteiger partial charge in [-0.25, -0.2) is 0 Å². The Hall–Kier alpha value is -1.32. The van der Waals surface area contributed by atoms with E-state index in [9.17, 15) is 0 Å². The number of fused-ring (bicyclic) bond motifs is 1. The summed E-state index contributed by atoms with van der Waals surface area (Å²) in [6.07, 6.45) is 0. The van der Waals surface area contributed by atoms with Gasteiger partial charge in [0.25, 0.3) is 0 Å². The van der Waals surface area contributed by atoms with Crippen LogP contribution in [0.15, 0.2) is 46.3 Å². The van der Waals surface area contributed by atoms with Crippen molar-refractivity contribution in [1.82, 2.24) is 0 Å². The minimum Gasteiger partial charge on any atom is -0.399 e. The van der Waals surface area contributed by atoms with E-state index >= 15 is 0 Å². The van der Waals surface area contributed by atoms with Crippen LogP contribution in [0, 0.1) is 6.92 Å². The molecule has 0 amide bonds. The first kappa shape index (κ1) is 11.8. The predicted molar refractivity (Wildman–Crippen MR) is 84.1 cm³/mol. The number of nitrogens with two attached hydrogens (primary N) is 1. The van der Waals surface area contributed by atoms with E-state index < -0.39 is 0 Å². The number of rotatable bonds is 1. The molecule has 90 valence electrons. The highest BCUT2D eigenvalue weighted by molar-refractivity contribution is 9.10. The summed E-state index contributed by atoms with van der Waals surface area (Å²) in [5.74, 6) is 0. The molecule has 2 N–H and O–H groups in total. The molecule has 1 aromatic heterocycles. The SMILES string of the molecule is Cc1ccc(N)cc1-c1csc2c(Br)cccc12. The molecule has 0 unspecified atom stereocenters. The molecule has 18 heavy (non-hydrogen) atoms. The minimum absolute atomic E-state index is 0.810. The van der Waals surface area contributed by atoms with Gasteiger partial charge in [-0.05, 0) is 57.6 Å². The summed E-state index contributed by atoms with van der Waals surface area (Å²) in [6, 6.07) is 12.4. The zero-order valence-electron chi connectivity index (χ0n) is 9.91. The van der Waals surface area contributed by atoms with Gasteiger partial charge in [0.2, 0.25) is 0 Å². The second kappa shape index (κ2) is 4.41. The van der Waals surface area contributed by atoms with Crippen molar-refractivity contribution in [2.75, 3.05) is 5.73 Å². The fourth-order valence-corrected chi connectivity index (χ4v) is 3.78. The van der Waals surface area contributed by atoms with Gasteiger partial charge in [0, 0.05) is 25.8 Å². The number of nitrogen functional groups attached to an aromatic ring is 1. The van der Waals surface area contributed by atoms with Gasteiger partial charge in [0.05, 0.1) is 0 Å². The molecular weight excluding hydrogens is 306 g/mol. The summed E-state index contributed by atoms with van der Waals surface area (Å²) in [5, 5.41) is 3.49. The van der Waals surface area contributed by atoms with E-state index in [0.29, 0.717) is 0 Å². The van der Waals surface area contributed by atoms with E-state index in [1.54, 1.807) is 11.3 Å². The van der Waals surface area contributed by atoms with Gasteiger partial charge in [0.15, 0.2) is 0 Å². The Labute approximate surface area is 118 Å². The molecule has 0 aliphatic heterocycles. The van der Waals surface area contributed by atoms with Crippen molar-refractivity contribution >= 4 is 43.0 Å². The summed E-state index contributed by atoms with van der Waals surface area (Å²) in [7, 11) is 0. The summed E-state index contributed by atoms with van der Waals surface area (Å²) >= 11 is 5.36. The second-order valence-corrected chi connectivity index (χ2v) is 6.07. The fourth-order valence-electron chi connectivity index (χ4n) is 2.16. The Kier molecular flexibility index (Phi) is 2.88. The van der Waals surface area contributed by atoms with Crippen LogP contribution in [0.25, 0.3) is 21.2 Å². The molecule has 3 aromatic rings. The Bertz CT molecular complexity index is 730. The van der Waals surface area contributed by atoms with Crippen LogP contribution in [-0.4, -0.2) is 0 Å². The average molecular weight is 318 g/mol. The lowest BCUT2D eigenvalue weighted by molar-refractivity contribution is 1.47. The van der Waals surface area contributed by atoms with Gasteiger partial charge in [0.1, 0.15) is 0 Å². The first-order valence-electron chi connectivity index (χ1n) is 5.69. The largest absolute Gasteiger partial charge is 0.399 e. The maximum atomic E-state index is 5.90. The van der Waals surface area contributed by atoms with Crippen LogP contribution in [0.4, 0.5) is 5.69 Å². The lowest BCUT2D eigenvalue weighted by Gasteiger charge is -2.06.